The molecule has 1 heterocycles. The third-order valence-corrected chi connectivity index (χ3v) is 4.89. The number of H-pyrrole nitrogens is 1. The number of halogens is 3. The molecule has 2 amide bonds. The fourth-order valence-electron chi connectivity index (χ4n) is 2.94. The number of benzene rings is 2. The molecule has 3 rings (SSSR count). The molecule has 6 nitrogen and oxygen atoms in total. The number of aromatic nitrogens is 2. The first-order valence-electron chi connectivity index (χ1n) is 9.42. The Kier molecular flexibility index (Phi) is 6.09. The second-order valence-electron chi connectivity index (χ2n) is 7.00. The summed E-state index contributed by atoms with van der Waals surface area (Å²) in [5.74, 6) is -1.07. The third kappa shape index (κ3) is 4.79. The Morgan fingerprint density at radius 3 is 2.37 bits per heavy atom. The number of imidazole rings is 1. The number of nitrogens with zero attached hydrogens (tertiary/aromatic N) is 1. The van der Waals surface area contributed by atoms with Crippen molar-refractivity contribution in [3.63, 3.8) is 0 Å². The average Bonchev–Trinajstić information content (AvgIpc) is 3.12. The highest BCUT2D eigenvalue weighted by molar-refractivity contribution is 6.01. The van der Waals surface area contributed by atoms with Crippen LogP contribution in [0.3, 0.4) is 0 Å². The Bertz CT molecular complexity index is 1010. The van der Waals surface area contributed by atoms with Gasteiger partial charge in [0.05, 0.1) is 16.6 Å². The minimum Gasteiger partial charge on any atom is -0.340 e. The first-order chi connectivity index (χ1) is 14.2. The molecule has 2 aromatic carbocycles. The Labute approximate surface area is 170 Å². The van der Waals surface area contributed by atoms with Gasteiger partial charge in [-0.1, -0.05) is 32.4 Å². The number of hydrogen-bond acceptors (Lipinski definition) is 3. The quantitative estimate of drug-likeness (QED) is 0.556. The lowest BCUT2D eigenvalue weighted by molar-refractivity contribution is -0.137. The van der Waals surface area contributed by atoms with Crippen LogP contribution in [0.15, 0.2) is 48.5 Å². The van der Waals surface area contributed by atoms with Gasteiger partial charge in [0.1, 0.15) is 6.04 Å². The van der Waals surface area contributed by atoms with Crippen LogP contribution in [0.4, 0.5) is 19.1 Å². The van der Waals surface area contributed by atoms with Gasteiger partial charge in [-0.05, 0) is 42.3 Å². The normalized spacial score (nSPS) is 13.6. The lowest BCUT2D eigenvalue weighted by atomic mass is 9.98. The van der Waals surface area contributed by atoms with E-state index in [1.807, 2.05) is 25.1 Å². The number of anilines is 1. The van der Waals surface area contributed by atoms with Gasteiger partial charge in [0.2, 0.25) is 11.9 Å². The van der Waals surface area contributed by atoms with E-state index in [0.717, 1.165) is 29.8 Å². The molecular formula is C21H21F3N4O2. The van der Waals surface area contributed by atoms with Crippen molar-refractivity contribution >= 4 is 28.8 Å². The first-order valence-corrected chi connectivity index (χ1v) is 9.42. The molecular weight excluding hydrogens is 397 g/mol. The van der Waals surface area contributed by atoms with Crippen LogP contribution >= 0.6 is 0 Å². The number of hydrogen-bond donors (Lipinski definition) is 3. The van der Waals surface area contributed by atoms with Crippen LogP contribution in [0.5, 0.6) is 0 Å². The molecule has 0 fully saturated rings. The van der Waals surface area contributed by atoms with Crippen molar-refractivity contribution in [2.75, 3.05) is 5.32 Å². The van der Waals surface area contributed by atoms with Crippen LogP contribution in [0, 0.1) is 5.92 Å². The average molecular weight is 418 g/mol. The van der Waals surface area contributed by atoms with Gasteiger partial charge in [-0.2, -0.15) is 13.2 Å². The van der Waals surface area contributed by atoms with Crippen LogP contribution < -0.4 is 10.6 Å². The van der Waals surface area contributed by atoms with Crippen molar-refractivity contribution in [2.45, 2.75) is 32.5 Å². The van der Waals surface area contributed by atoms with Crippen molar-refractivity contribution in [3.8, 4) is 0 Å². The summed E-state index contributed by atoms with van der Waals surface area (Å²) in [6, 6.07) is 10.2. The van der Waals surface area contributed by atoms with Gasteiger partial charge in [0, 0.05) is 5.56 Å². The largest absolute Gasteiger partial charge is 0.416 e. The summed E-state index contributed by atoms with van der Waals surface area (Å²) in [5, 5.41) is 5.29. The fourth-order valence-corrected chi connectivity index (χ4v) is 2.94. The zero-order valence-electron chi connectivity index (χ0n) is 16.4. The second-order valence-corrected chi connectivity index (χ2v) is 7.00. The van der Waals surface area contributed by atoms with Crippen LogP contribution in [0.1, 0.15) is 36.2 Å². The van der Waals surface area contributed by atoms with Crippen molar-refractivity contribution < 1.29 is 22.8 Å². The van der Waals surface area contributed by atoms with E-state index in [1.165, 1.54) is 0 Å². The molecule has 3 N–H and O–H groups in total. The molecule has 0 spiro atoms. The standard InChI is InChI=1S/C21H21F3N4O2/c1-3-12(2)17(19(30)28-20-25-15-6-4-5-7-16(15)26-20)27-18(29)13-8-10-14(11-9-13)21(22,23)24/h4-12,17H,3H2,1-2H3,(H,27,29)(H2,25,26,28,30)/t12-,17-/m0/s1. The summed E-state index contributed by atoms with van der Waals surface area (Å²) in [6.45, 7) is 3.67. The van der Waals surface area contributed by atoms with Gasteiger partial charge >= 0.3 is 6.18 Å². The molecule has 30 heavy (non-hydrogen) atoms. The molecule has 3 aromatic rings. The van der Waals surface area contributed by atoms with Gasteiger partial charge in [0.25, 0.3) is 5.91 Å². The molecule has 0 aliphatic heterocycles. The molecule has 0 bridgehead atoms. The van der Waals surface area contributed by atoms with E-state index >= 15 is 0 Å². The minimum atomic E-state index is -4.49. The first kappa shape index (κ1) is 21.4. The Morgan fingerprint density at radius 2 is 1.77 bits per heavy atom. The van der Waals surface area contributed by atoms with E-state index in [2.05, 4.69) is 20.6 Å². The van der Waals surface area contributed by atoms with E-state index < -0.39 is 29.6 Å². The number of carbonyl (C=O) groups excluding carboxylic acids is 2. The Hall–Kier alpha value is -3.36. The van der Waals surface area contributed by atoms with Gasteiger partial charge in [-0.25, -0.2) is 4.98 Å². The van der Waals surface area contributed by atoms with Crippen LogP contribution in [0.2, 0.25) is 0 Å². The molecule has 0 saturated carbocycles. The molecule has 2 atom stereocenters. The number of nitrogens with one attached hydrogen (secondary N) is 3. The summed E-state index contributed by atoms with van der Waals surface area (Å²) in [6.07, 6.45) is -3.88. The molecule has 0 aliphatic rings. The fraction of sp³-hybridized carbons (Fsp3) is 0.286. The topological polar surface area (TPSA) is 86.9 Å². The highest BCUT2D eigenvalue weighted by atomic mass is 19.4. The van der Waals surface area contributed by atoms with Crippen molar-refractivity contribution in [3.05, 3.63) is 59.7 Å². The van der Waals surface area contributed by atoms with Gasteiger partial charge in [-0.3, -0.25) is 14.9 Å². The highest BCUT2D eigenvalue weighted by Gasteiger charge is 2.31. The predicted molar refractivity (Wildman–Crippen MR) is 107 cm³/mol. The summed E-state index contributed by atoms with van der Waals surface area (Å²) >= 11 is 0. The monoisotopic (exact) mass is 418 g/mol. The molecule has 0 saturated heterocycles. The number of carbonyl (C=O) groups is 2. The smallest absolute Gasteiger partial charge is 0.340 e. The molecule has 0 radical (unpaired) electrons. The zero-order valence-corrected chi connectivity index (χ0v) is 16.4. The van der Waals surface area contributed by atoms with E-state index in [-0.39, 0.29) is 17.4 Å². The van der Waals surface area contributed by atoms with Crippen molar-refractivity contribution in [1.29, 1.82) is 0 Å². The SMILES string of the molecule is CC[C@H](C)[C@H](NC(=O)c1ccc(C(F)(F)F)cc1)C(=O)Nc1nc2ccccc2[nH]1. The third-order valence-electron chi connectivity index (χ3n) is 4.89. The van der Waals surface area contributed by atoms with Gasteiger partial charge < -0.3 is 10.3 Å². The van der Waals surface area contributed by atoms with Crippen molar-refractivity contribution in [2.24, 2.45) is 5.92 Å². The zero-order chi connectivity index (χ0) is 21.9. The Morgan fingerprint density at radius 1 is 1.10 bits per heavy atom. The molecule has 0 unspecified atom stereocenters. The lowest BCUT2D eigenvalue weighted by Gasteiger charge is -2.23. The van der Waals surface area contributed by atoms with Gasteiger partial charge in [0.15, 0.2) is 0 Å². The van der Waals surface area contributed by atoms with Crippen LogP contribution in [0.25, 0.3) is 11.0 Å². The van der Waals surface area contributed by atoms with E-state index in [9.17, 15) is 22.8 Å². The number of alkyl halides is 3. The molecule has 9 heteroatoms. The summed E-state index contributed by atoms with van der Waals surface area (Å²) in [5.41, 5.74) is 0.622. The molecule has 0 aliphatic carbocycles. The summed E-state index contributed by atoms with van der Waals surface area (Å²) in [7, 11) is 0. The molecule has 1 aromatic heterocycles. The number of aromatic amines is 1. The van der Waals surface area contributed by atoms with E-state index in [1.54, 1.807) is 13.0 Å². The Balaban J connectivity index is 1.74. The maximum Gasteiger partial charge on any atom is 0.416 e. The van der Waals surface area contributed by atoms with Crippen LogP contribution in [-0.4, -0.2) is 27.8 Å². The van der Waals surface area contributed by atoms with Crippen molar-refractivity contribution in [1.82, 2.24) is 15.3 Å². The van der Waals surface area contributed by atoms with Crippen LogP contribution in [-0.2, 0) is 11.0 Å². The second kappa shape index (κ2) is 8.56. The number of fused-ring (bicyclic) bond motifs is 1. The van der Waals surface area contributed by atoms with E-state index in [0.29, 0.717) is 11.9 Å². The van der Waals surface area contributed by atoms with E-state index in [4.69, 9.17) is 0 Å². The number of para-hydroxylation sites is 2. The summed E-state index contributed by atoms with van der Waals surface area (Å²) in [4.78, 5) is 32.6. The number of rotatable bonds is 6. The lowest BCUT2D eigenvalue weighted by Crippen LogP contribution is -2.47. The predicted octanol–water partition coefficient (Wildman–Crippen LogP) is 4.36. The number of amides is 2. The maximum absolute atomic E-state index is 12.8. The highest BCUT2D eigenvalue weighted by Crippen LogP contribution is 2.29. The minimum absolute atomic E-state index is 0.0350. The summed E-state index contributed by atoms with van der Waals surface area (Å²) < 4.78 is 38.1. The van der Waals surface area contributed by atoms with Gasteiger partial charge in [-0.15, -0.1) is 0 Å². The molecule has 158 valence electrons. The maximum atomic E-state index is 12.8.